The van der Waals surface area contributed by atoms with Crippen LogP contribution in [0.3, 0.4) is 0 Å². The normalized spacial score (nSPS) is 13.0. The lowest BCUT2D eigenvalue weighted by molar-refractivity contribution is 0.170. The summed E-state index contributed by atoms with van der Waals surface area (Å²) < 4.78 is 0. The second kappa shape index (κ2) is 6.51. The van der Waals surface area contributed by atoms with Crippen molar-refractivity contribution in [2.75, 3.05) is 13.1 Å². The van der Waals surface area contributed by atoms with Crippen molar-refractivity contribution in [3.63, 3.8) is 0 Å². The molecule has 16 heavy (non-hydrogen) atoms. The van der Waals surface area contributed by atoms with Crippen LogP contribution in [0.4, 0.5) is 0 Å². The fraction of sp³-hybridized carbons (Fsp3) is 0.538. The zero-order valence-corrected chi connectivity index (χ0v) is 9.98. The van der Waals surface area contributed by atoms with Crippen LogP contribution in [0.15, 0.2) is 24.3 Å². The van der Waals surface area contributed by atoms with E-state index in [2.05, 4.69) is 19.2 Å². The Morgan fingerprint density at radius 3 is 2.62 bits per heavy atom. The van der Waals surface area contributed by atoms with Gasteiger partial charge in [-0.3, -0.25) is 0 Å². The minimum absolute atomic E-state index is 0.250. The number of aromatic hydroxyl groups is 1. The molecular formula is C13H21NO2. The van der Waals surface area contributed by atoms with E-state index in [1.807, 2.05) is 6.07 Å². The molecule has 0 spiro atoms. The number of hydrogen-bond donors (Lipinski definition) is 3. The predicted octanol–water partition coefficient (Wildman–Crippen LogP) is 1.54. The highest BCUT2D eigenvalue weighted by Crippen LogP contribution is 2.12. The average Bonchev–Trinajstić information content (AvgIpc) is 2.16. The number of aliphatic hydroxyl groups excluding tert-OH is 1. The lowest BCUT2D eigenvalue weighted by Crippen LogP contribution is -2.30. The third-order valence-corrected chi connectivity index (χ3v) is 2.31. The molecule has 3 heteroatoms. The second-order valence-corrected chi connectivity index (χ2v) is 4.58. The molecule has 1 atom stereocenters. The fourth-order valence-corrected chi connectivity index (χ4v) is 1.57. The first kappa shape index (κ1) is 13.0. The van der Waals surface area contributed by atoms with Crippen LogP contribution >= 0.6 is 0 Å². The van der Waals surface area contributed by atoms with Crippen molar-refractivity contribution in [1.82, 2.24) is 5.32 Å². The molecule has 0 amide bonds. The Balaban J connectivity index is 2.31. The Morgan fingerprint density at radius 1 is 1.25 bits per heavy atom. The summed E-state index contributed by atoms with van der Waals surface area (Å²) in [6.07, 6.45) is 0.167. The van der Waals surface area contributed by atoms with Crippen LogP contribution in [0.25, 0.3) is 0 Å². The van der Waals surface area contributed by atoms with Gasteiger partial charge in [0.2, 0.25) is 0 Å². The van der Waals surface area contributed by atoms with Gasteiger partial charge in [-0.25, -0.2) is 0 Å². The van der Waals surface area contributed by atoms with E-state index in [-0.39, 0.29) is 5.75 Å². The third-order valence-electron chi connectivity index (χ3n) is 2.31. The van der Waals surface area contributed by atoms with Crippen molar-refractivity contribution >= 4 is 0 Å². The van der Waals surface area contributed by atoms with E-state index in [0.29, 0.717) is 18.9 Å². The molecule has 0 radical (unpaired) electrons. The summed E-state index contributed by atoms with van der Waals surface area (Å²) in [5.41, 5.74) is 0.957. The Kier molecular flexibility index (Phi) is 5.29. The van der Waals surface area contributed by atoms with Gasteiger partial charge in [-0.05, 0) is 36.6 Å². The molecule has 1 rings (SSSR count). The van der Waals surface area contributed by atoms with E-state index in [1.165, 1.54) is 0 Å². The molecule has 0 aliphatic rings. The molecule has 1 aromatic carbocycles. The first-order chi connectivity index (χ1) is 7.58. The van der Waals surface area contributed by atoms with E-state index >= 15 is 0 Å². The molecule has 0 heterocycles. The molecule has 0 saturated carbocycles. The van der Waals surface area contributed by atoms with E-state index < -0.39 is 6.10 Å². The summed E-state index contributed by atoms with van der Waals surface area (Å²) in [6.45, 7) is 5.77. The van der Waals surface area contributed by atoms with Crippen molar-refractivity contribution in [3.05, 3.63) is 29.8 Å². The Morgan fingerprint density at radius 2 is 2.00 bits per heavy atom. The van der Waals surface area contributed by atoms with Gasteiger partial charge in [-0.1, -0.05) is 26.0 Å². The van der Waals surface area contributed by atoms with Gasteiger partial charge in [0.15, 0.2) is 0 Å². The van der Waals surface area contributed by atoms with Crippen LogP contribution in [0.1, 0.15) is 19.4 Å². The number of nitrogens with one attached hydrogen (secondary N) is 1. The van der Waals surface area contributed by atoms with Gasteiger partial charge in [0.1, 0.15) is 5.75 Å². The Bertz CT molecular complexity index is 313. The summed E-state index contributed by atoms with van der Waals surface area (Å²) in [6, 6.07) is 7.02. The Hall–Kier alpha value is -1.06. The summed E-state index contributed by atoms with van der Waals surface area (Å²) in [4.78, 5) is 0. The van der Waals surface area contributed by atoms with Crippen molar-refractivity contribution in [2.45, 2.75) is 26.4 Å². The maximum atomic E-state index is 9.76. The average molecular weight is 223 g/mol. The quantitative estimate of drug-likeness (QED) is 0.685. The number of rotatable bonds is 6. The maximum Gasteiger partial charge on any atom is 0.115 e. The molecular weight excluding hydrogens is 202 g/mol. The lowest BCUT2D eigenvalue weighted by atomic mass is 10.1. The van der Waals surface area contributed by atoms with Crippen molar-refractivity contribution in [3.8, 4) is 5.75 Å². The summed E-state index contributed by atoms with van der Waals surface area (Å²) in [5, 5.41) is 22.2. The lowest BCUT2D eigenvalue weighted by Gasteiger charge is -2.13. The van der Waals surface area contributed by atoms with Gasteiger partial charge in [-0.2, -0.15) is 0 Å². The van der Waals surface area contributed by atoms with E-state index in [4.69, 9.17) is 0 Å². The summed E-state index contributed by atoms with van der Waals surface area (Å²) in [5.74, 6) is 0.841. The van der Waals surface area contributed by atoms with Crippen LogP contribution in [0.2, 0.25) is 0 Å². The molecule has 1 aromatic rings. The van der Waals surface area contributed by atoms with Gasteiger partial charge in [0, 0.05) is 6.54 Å². The number of phenols is 1. The number of hydrogen-bond acceptors (Lipinski definition) is 3. The van der Waals surface area contributed by atoms with Crippen LogP contribution in [-0.4, -0.2) is 29.4 Å². The van der Waals surface area contributed by atoms with Crippen LogP contribution in [-0.2, 0) is 6.42 Å². The second-order valence-electron chi connectivity index (χ2n) is 4.58. The molecule has 0 aliphatic carbocycles. The van der Waals surface area contributed by atoms with Gasteiger partial charge < -0.3 is 15.5 Å². The predicted molar refractivity (Wildman–Crippen MR) is 65.5 cm³/mol. The van der Waals surface area contributed by atoms with E-state index in [0.717, 1.165) is 12.1 Å². The smallest absolute Gasteiger partial charge is 0.115 e. The number of aliphatic hydroxyl groups is 1. The van der Waals surface area contributed by atoms with E-state index in [9.17, 15) is 10.2 Å². The van der Waals surface area contributed by atoms with Crippen LogP contribution < -0.4 is 5.32 Å². The molecule has 1 unspecified atom stereocenters. The van der Waals surface area contributed by atoms with Gasteiger partial charge >= 0.3 is 0 Å². The third kappa shape index (κ3) is 5.14. The molecule has 0 aromatic heterocycles. The van der Waals surface area contributed by atoms with E-state index in [1.54, 1.807) is 18.2 Å². The van der Waals surface area contributed by atoms with Crippen molar-refractivity contribution in [1.29, 1.82) is 0 Å². The SMILES string of the molecule is CC(C)CNCC(O)Cc1cccc(O)c1. The molecule has 0 bridgehead atoms. The summed E-state index contributed by atoms with van der Waals surface area (Å²) >= 11 is 0. The zero-order valence-electron chi connectivity index (χ0n) is 9.98. The molecule has 3 N–H and O–H groups in total. The Labute approximate surface area is 97.1 Å². The molecule has 0 aliphatic heterocycles. The van der Waals surface area contributed by atoms with Gasteiger partial charge in [-0.15, -0.1) is 0 Å². The highest BCUT2D eigenvalue weighted by atomic mass is 16.3. The maximum absolute atomic E-state index is 9.76. The molecule has 0 saturated heterocycles. The molecule has 0 fully saturated rings. The monoisotopic (exact) mass is 223 g/mol. The van der Waals surface area contributed by atoms with Crippen LogP contribution in [0.5, 0.6) is 5.75 Å². The highest BCUT2D eigenvalue weighted by molar-refractivity contribution is 5.27. The van der Waals surface area contributed by atoms with Crippen LogP contribution in [0, 0.1) is 5.92 Å². The largest absolute Gasteiger partial charge is 0.508 e. The first-order valence-electron chi connectivity index (χ1n) is 5.74. The topological polar surface area (TPSA) is 52.5 Å². The molecule has 90 valence electrons. The van der Waals surface area contributed by atoms with Gasteiger partial charge in [0.25, 0.3) is 0 Å². The minimum Gasteiger partial charge on any atom is -0.508 e. The standard InChI is InChI=1S/C13H21NO2/c1-10(2)8-14-9-13(16)7-11-4-3-5-12(15)6-11/h3-6,10,13-16H,7-9H2,1-2H3. The number of benzene rings is 1. The van der Waals surface area contributed by atoms with Crippen molar-refractivity contribution in [2.24, 2.45) is 5.92 Å². The summed E-state index contributed by atoms with van der Waals surface area (Å²) in [7, 11) is 0. The van der Waals surface area contributed by atoms with Gasteiger partial charge in [0.05, 0.1) is 6.10 Å². The highest BCUT2D eigenvalue weighted by Gasteiger charge is 2.05. The van der Waals surface area contributed by atoms with Crippen molar-refractivity contribution < 1.29 is 10.2 Å². The zero-order chi connectivity index (χ0) is 12.0. The first-order valence-corrected chi connectivity index (χ1v) is 5.74. The molecule has 3 nitrogen and oxygen atoms in total. The minimum atomic E-state index is -0.402. The fourth-order valence-electron chi connectivity index (χ4n) is 1.57. The number of phenolic OH excluding ortho intramolecular Hbond substituents is 1.